The van der Waals surface area contributed by atoms with Crippen molar-refractivity contribution >= 4 is 17.7 Å². The molecule has 0 radical (unpaired) electrons. The van der Waals surface area contributed by atoms with Crippen LogP contribution in [0.25, 0.3) is 0 Å². The Kier molecular flexibility index (Phi) is 4.65. The van der Waals surface area contributed by atoms with E-state index in [1.54, 1.807) is 0 Å². The lowest BCUT2D eigenvalue weighted by atomic mass is 9.82. The Morgan fingerprint density at radius 3 is 2.42 bits per heavy atom. The zero-order valence-electron chi connectivity index (χ0n) is 11.2. The second-order valence-electron chi connectivity index (χ2n) is 5.21. The minimum atomic E-state index is -1.52. The molecule has 6 N–H and O–H groups in total. The molecule has 19 heavy (non-hydrogen) atoms. The van der Waals surface area contributed by atoms with Gasteiger partial charge in [0.25, 0.3) is 0 Å². The van der Waals surface area contributed by atoms with Crippen molar-refractivity contribution in [3.63, 3.8) is 0 Å². The van der Waals surface area contributed by atoms with Crippen molar-refractivity contribution in [3.8, 4) is 0 Å². The first-order valence-corrected chi connectivity index (χ1v) is 6.32. The van der Waals surface area contributed by atoms with Crippen LogP contribution >= 0.6 is 0 Å². The fourth-order valence-corrected chi connectivity index (χ4v) is 2.40. The summed E-state index contributed by atoms with van der Waals surface area (Å²) in [5, 5.41) is 11.6. The lowest BCUT2D eigenvalue weighted by molar-refractivity contribution is -0.148. The molecule has 1 aliphatic carbocycles. The van der Waals surface area contributed by atoms with E-state index in [2.05, 4.69) is 5.32 Å². The summed E-state index contributed by atoms with van der Waals surface area (Å²) in [5.41, 5.74) is 9.69. The summed E-state index contributed by atoms with van der Waals surface area (Å²) in [5.74, 6) is -2.74. The van der Waals surface area contributed by atoms with Crippen LogP contribution in [-0.2, 0) is 14.4 Å². The standard InChI is InChI=1S/C12H21N3O4/c1-6(13)10(17)15-7(2)9(16)8-4-3-5-12(8,14)11(18)19/h6-8H,3-5,13-14H2,1-2H3,(H,15,17)(H,18,19)/t6-,7-,8?,12?/m0/s1. The molecule has 108 valence electrons. The highest BCUT2D eigenvalue weighted by atomic mass is 16.4. The van der Waals surface area contributed by atoms with E-state index in [4.69, 9.17) is 16.6 Å². The molecule has 0 spiro atoms. The molecule has 7 nitrogen and oxygen atoms in total. The number of carboxylic acid groups (broad SMARTS) is 1. The van der Waals surface area contributed by atoms with Crippen molar-refractivity contribution < 1.29 is 19.5 Å². The van der Waals surface area contributed by atoms with Gasteiger partial charge in [0, 0.05) is 5.92 Å². The Bertz CT molecular complexity index is 396. The van der Waals surface area contributed by atoms with Gasteiger partial charge in [-0.2, -0.15) is 0 Å². The third-order valence-corrected chi connectivity index (χ3v) is 3.65. The zero-order chi connectivity index (χ0) is 14.8. The molecule has 0 aromatic carbocycles. The van der Waals surface area contributed by atoms with E-state index in [0.717, 1.165) is 0 Å². The Labute approximate surface area is 111 Å². The average Bonchev–Trinajstić information content (AvgIpc) is 2.71. The van der Waals surface area contributed by atoms with Gasteiger partial charge in [-0.25, -0.2) is 0 Å². The number of carbonyl (C=O) groups is 3. The fourth-order valence-electron chi connectivity index (χ4n) is 2.40. The molecule has 2 unspecified atom stereocenters. The van der Waals surface area contributed by atoms with E-state index < -0.39 is 35.4 Å². The summed E-state index contributed by atoms with van der Waals surface area (Å²) in [4.78, 5) is 34.9. The predicted octanol–water partition coefficient (Wildman–Crippen LogP) is -1.01. The first-order chi connectivity index (χ1) is 8.70. The Hall–Kier alpha value is -1.47. The molecule has 1 rings (SSSR count). The van der Waals surface area contributed by atoms with Crippen LogP contribution in [0.15, 0.2) is 0 Å². The summed E-state index contributed by atoms with van der Waals surface area (Å²) < 4.78 is 0. The van der Waals surface area contributed by atoms with E-state index in [0.29, 0.717) is 12.8 Å². The number of aliphatic carboxylic acids is 1. The minimum Gasteiger partial charge on any atom is -0.480 e. The Morgan fingerprint density at radius 1 is 1.37 bits per heavy atom. The molecule has 1 aliphatic rings. The number of hydrogen-bond acceptors (Lipinski definition) is 5. The van der Waals surface area contributed by atoms with Gasteiger partial charge in [0.2, 0.25) is 5.91 Å². The average molecular weight is 271 g/mol. The van der Waals surface area contributed by atoms with Crippen molar-refractivity contribution in [1.29, 1.82) is 0 Å². The number of nitrogens with two attached hydrogens (primary N) is 2. The van der Waals surface area contributed by atoms with Crippen molar-refractivity contribution in [2.75, 3.05) is 0 Å². The molecule has 0 aliphatic heterocycles. The van der Waals surface area contributed by atoms with Gasteiger partial charge in [-0.3, -0.25) is 14.4 Å². The van der Waals surface area contributed by atoms with Gasteiger partial charge in [0.05, 0.1) is 12.1 Å². The molecule has 1 saturated carbocycles. The van der Waals surface area contributed by atoms with Gasteiger partial charge in [0.15, 0.2) is 5.78 Å². The maximum absolute atomic E-state index is 12.2. The van der Waals surface area contributed by atoms with Gasteiger partial charge in [-0.15, -0.1) is 0 Å². The Balaban J connectivity index is 2.77. The molecule has 0 aromatic heterocycles. The third-order valence-electron chi connectivity index (χ3n) is 3.65. The maximum Gasteiger partial charge on any atom is 0.324 e. The number of hydrogen-bond donors (Lipinski definition) is 4. The largest absolute Gasteiger partial charge is 0.480 e. The molecule has 1 fully saturated rings. The normalized spacial score (nSPS) is 29.6. The van der Waals surface area contributed by atoms with Gasteiger partial charge < -0.3 is 21.9 Å². The van der Waals surface area contributed by atoms with E-state index >= 15 is 0 Å². The molecule has 0 heterocycles. The van der Waals surface area contributed by atoms with Crippen LogP contribution < -0.4 is 16.8 Å². The highest BCUT2D eigenvalue weighted by Gasteiger charge is 2.50. The van der Waals surface area contributed by atoms with E-state index in [-0.39, 0.29) is 12.2 Å². The van der Waals surface area contributed by atoms with Crippen molar-refractivity contribution in [1.82, 2.24) is 5.32 Å². The topological polar surface area (TPSA) is 136 Å². The lowest BCUT2D eigenvalue weighted by Crippen LogP contribution is -2.57. The number of nitrogens with one attached hydrogen (secondary N) is 1. The monoisotopic (exact) mass is 271 g/mol. The number of carbonyl (C=O) groups excluding carboxylic acids is 2. The van der Waals surface area contributed by atoms with E-state index in [9.17, 15) is 14.4 Å². The number of rotatable bonds is 5. The van der Waals surface area contributed by atoms with Crippen LogP contribution in [0.2, 0.25) is 0 Å². The summed E-state index contributed by atoms with van der Waals surface area (Å²) in [6, 6.07) is -1.51. The number of ketones is 1. The van der Waals surface area contributed by atoms with Crippen molar-refractivity contribution in [2.24, 2.45) is 17.4 Å². The molecule has 1 amide bonds. The molecule has 0 bridgehead atoms. The highest BCUT2D eigenvalue weighted by molar-refractivity contribution is 5.96. The van der Waals surface area contributed by atoms with Crippen LogP contribution in [0, 0.1) is 5.92 Å². The summed E-state index contributed by atoms with van der Waals surface area (Å²) in [6.07, 6.45) is 1.29. The predicted molar refractivity (Wildman–Crippen MR) is 68.2 cm³/mol. The second-order valence-corrected chi connectivity index (χ2v) is 5.21. The van der Waals surface area contributed by atoms with Gasteiger partial charge >= 0.3 is 5.97 Å². The minimum absolute atomic E-state index is 0.271. The van der Waals surface area contributed by atoms with Crippen LogP contribution in [0.4, 0.5) is 0 Å². The SMILES string of the molecule is C[C@H](N)C(=O)N[C@@H](C)C(=O)C1CCCC1(N)C(=O)O. The smallest absolute Gasteiger partial charge is 0.324 e. The number of Topliss-reactive ketones (excluding diaryl/α,β-unsaturated/α-hetero) is 1. The molecular formula is C12H21N3O4. The first kappa shape index (κ1) is 15.6. The van der Waals surface area contributed by atoms with Crippen LogP contribution in [0.5, 0.6) is 0 Å². The quantitative estimate of drug-likeness (QED) is 0.506. The lowest BCUT2D eigenvalue weighted by Gasteiger charge is -2.28. The van der Waals surface area contributed by atoms with Gasteiger partial charge in [0.1, 0.15) is 5.54 Å². The molecule has 7 heteroatoms. The summed E-state index contributed by atoms with van der Waals surface area (Å²) in [7, 11) is 0. The second kappa shape index (κ2) is 5.66. The summed E-state index contributed by atoms with van der Waals surface area (Å²) >= 11 is 0. The van der Waals surface area contributed by atoms with Gasteiger partial charge in [-0.1, -0.05) is 6.42 Å². The zero-order valence-corrected chi connectivity index (χ0v) is 11.2. The third kappa shape index (κ3) is 3.10. The molecule has 0 aromatic rings. The van der Waals surface area contributed by atoms with Crippen LogP contribution in [0.3, 0.4) is 0 Å². The number of carboxylic acids is 1. The highest BCUT2D eigenvalue weighted by Crippen LogP contribution is 2.35. The fraction of sp³-hybridized carbons (Fsp3) is 0.750. The molecule has 0 saturated heterocycles. The van der Waals surface area contributed by atoms with Crippen LogP contribution in [0.1, 0.15) is 33.1 Å². The molecule has 4 atom stereocenters. The molecular weight excluding hydrogens is 250 g/mol. The maximum atomic E-state index is 12.2. The van der Waals surface area contributed by atoms with Crippen molar-refractivity contribution in [2.45, 2.75) is 50.7 Å². The Morgan fingerprint density at radius 2 is 1.95 bits per heavy atom. The van der Waals surface area contributed by atoms with Gasteiger partial charge in [-0.05, 0) is 26.7 Å². The number of amides is 1. The van der Waals surface area contributed by atoms with E-state index in [1.807, 2.05) is 0 Å². The summed E-state index contributed by atoms with van der Waals surface area (Å²) in [6.45, 7) is 3.02. The first-order valence-electron chi connectivity index (χ1n) is 6.32. The van der Waals surface area contributed by atoms with Crippen molar-refractivity contribution in [3.05, 3.63) is 0 Å². The van der Waals surface area contributed by atoms with E-state index in [1.165, 1.54) is 13.8 Å². The van der Waals surface area contributed by atoms with Crippen LogP contribution in [-0.4, -0.2) is 40.4 Å².